The highest BCUT2D eigenvalue weighted by Gasteiger charge is 2.42. The van der Waals surface area contributed by atoms with Gasteiger partial charge in [-0.2, -0.15) is 0 Å². The van der Waals surface area contributed by atoms with Gasteiger partial charge in [0.1, 0.15) is 17.5 Å². The summed E-state index contributed by atoms with van der Waals surface area (Å²) >= 11 is 14.2. The van der Waals surface area contributed by atoms with E-state index in [0.29, 0.717) is 43.5 Å². The Morgan fingerprint density at radius 3 is 2.23 bits per heavy atom. The van der Waals surface area contributed by atoms with Gasteiger partial charge in [0.05, 0.1) is 41.1 Å². The van der Waals surface area contributed by atoms with Crippen LogP contribution in [0.4, 0.5) is 0 Å². The summed E-state index contributed by atoms with van der Waals surface area (Å²) in [5.74, 6) is -0.0413. The Kier molecular flexibility index (Phi) is 5.92. The minimum absolute atomic E-state index is 0.134. The second kappa shape index (κ2) is 8.49. The lowest BCUT2D eigenvalue weighted by Crippen LogP contribution is -2.34. The fourth-order valence-corrected chi connectivity index (χ4v) is 5.56. The van der Waals surface area contributed by atoms with Crippen LogP contribution in [0.5, 0.6) is 11.5 Å². The molecule has 2 aromatic carbocycles. The van der Waals surface area contributed by atoms with Crippen LogP contribution < -0.4 is 9.47 Å². The largest absolute Gasteiger partial charge is 0.496 e. The number of amidine groups is 1. The fourth-order valence-electron chi connectivity index (χ4n) is 3.72. The third-order valence-corrected chi connectivity index (χ3v) is 6.71. The minimum Gasteiger partial charge on any atom is -0.496 e. The zero-order chi connectivity index (χ0) is 22.3. The highest BCUT2D eigenvalue weighted by molar-refractivity contribution is 8.22. The average molecular weight is 477 g/mol. The molecule has 31 heavy (non-hydrogen) atoms. The molecule has 2 aliphatic rings. The van der Waals surface area contributed by atoms with Crippen molar-refractivity contribution in [2.45, 2.75) is 13.0 Å². The van der Waals surface area contributed by atoms with E-state index in [1.165, 1.54) is 26.0 Å². The minimum atomic E-state index is -1.07. The highest BCUT2D eigenvalue weighted by atomic mass is 35.5. The van der Waals surface area contributed by atoms with Crippen molar-refractivity contribution >= 4 is 51.0 Å². The molecule has 0 bridgehead atoms. The lowest BCUT2D eigenvalue weighted by atomic mass is 9.93. The molecule has 2 aromatic rings. The van der Waals surface area contributed by atoms with Gasteiger partial charge >= 0.3 is 5.97 Å². The van der Waals surface area contributed by atoms with Gasteiger partial charge in [0.2, 0.25) is 0 Å². The molecule has 0 radical (unpaired) electrons. The van der Waals surface area contributed by atoms with Gasteiger partial charge in [0.15, 0.2) is 5.17 Å². The van der Waals surface area contributed by atoms with Crippen molar-refractivity contribution < 1.29 is 19.4 Å². The number of ether oxygens (including phenoxy) is 2. The first kappa shape index (κ1) is 21.6. The van der Waals surface area contributed by atoms with Crippen LogP contribution in [0, 0.1) is 0 Å². The molecule has 2 aliphatic heterocycles. The molecular formula is C22H18Cl2N2O4S. The Hall–Kier alpha value is -2.61. The SMILES string of the molecule is COc1cccc(OC)c1C1C(C(=O)O)=C(C)N=C2SC(c3c(Cl)cccc3Cl)=CN21. The predicted octanol–water partition coefficient (Wildman–Crippen LogP) is 5.83. The van der Waals surface area contributed by atoms with E-state index in [0.717, 1.165) is 4.91 Å². The molecule has 0 aromatic heterocycles. The molecule has 1 N–H and O–H groups in total. The first-order valence-corrected chi connectivity index (χ1v) is 10.8. The first-order chi connectivity index (χ1) is 14.9. The Morgan fingerprint density at radius 1 is 1.10 bits per heavy atom. The molecule has 1 atom stereocenters. The monoisotopic (exact) mass is 476 g/mol. The van der Waals surface area contributed by atoms with E-state index in [1.54, 1.807) is 48.2 Å². The molecule has 160 valence electrons. The number of hydrogen-bond donors (Lipinski definition) is 1. The normalized spacial score (nSPS) is 17.8. The number of carbonyl (C=O) groups is 1. The van der Waals surface area contributed by atoms with Crippen LogP contribution in [0.2, 0.25) is 10.0 Å². The Balaban J connectivity index is 1.94. The van der Waals surface area contributed by atoms with Crippen LogP contribution in [0.1, 0.15) is 24.1 Å². The topological polar surface area (TPSA) is 71.4 Å². The Morgan fingerprint density at radius 2 is 1.68 bits per heavy atom. The van der Waals surface area contributed by atoms with Gasteiger partial charge in [-0.15, -0.1) is 0 Å². The maximum atomic E-state index is 12.3. The predicted molar refractivity (Wildman–Crippen MR) is 124 cm³/mol. The number of hydrogen-bond acceptors (Lipinski definition) is 6. The lowest BCUT2D eigenvalue weighted by Gasteiger charge is -2.34. The number of methoxy groups -OCH3 is 2. The molecule has 0 aliphatic carbocycles. The van der Waals surface area contributed by atoms with Crippen LogP contribution in [0.25, 0.3) is 4.91 Å². The van der Waals surface area contributed by atoms with Crippen molar-refractivity contribution in [3.63, 3.8) is 0 Å². The number of aliphatic imine (C=N–C) groups is 1. The van der Waals surface area contributed by atoms with Crippen LogP contribution in [0.3, 0.4) is 0 Å². The van der Waals surface area contributed by atoms with Gasteiger partial charge in [-0.1, -0.05) is 35.3 Å². The highest BCUT2D eigenvalue weighted by Crippen LogP contribution is 2.51. The third kappa shape index (κ3) is 3.67. The van der Waals surface area contributed by atoms with Gasteiger partial charge in [-0.05, 0) is 43.0 Å². The van der Waals surface area contributed by atoms with E-state index < -0.39 is 12.0 Å². The summed E-state index contributed by atoms with van der Waals surface area (Å²) in [6, 6.07) is 9.91. The Bertz CT molecular complexity index is 1130. The molecule has 1 unspecified atom stereocenters. The second-order valence-corrected chi connectivity index (χ2v) is 8.60. The maximum Gasteiger partial charge on any atom is 0.335 e. The van der Waals surface area contributed by atoms with Crippen molar-refractivity contribution in [3.8, 4) is 11.5 Å². The van der Waals surface area contributed by atoms with Crippen molar-refractivity contribution in [2.24, 2.45) is 4.99 Å². The van der Waals surface area contributed by atoms with Crippen LogP contribution in [-0.4, -0.2) is 35.4 Å². The smallest absolute Gasteiger partial charge is 0.335 e. The number of rotatable bonds is 5. The molecule has 2 heterocycles. The molecule has 0 spiro atoms. The Labute approximate surface area is 193 Å². The first-order valence-electron chi connectivity index (χ1n) is 9.23. The van der Waals surface area contributed by atoms with Crippen LogP contribution in [0.15, 0.2) is 58.9 Å². The number of carboxylic acid groups (broad SMARTS) is 1. The van der Waals surface area contributed by atoms with E-state index in [2.05, 4.69) is 4.99 Å². The van der Waals surface area contributed by atoms with Crippen molar-refractivity contribution in [3.05, 3.63) is 75.0 Å². The van der Waals surface area contributed by atoms with Crippen molar-refractivity contribution in [1.82, 2.24) is 4.90 Å². The van der Waals surface area contributed by atoms with Crippen molar-refractivity contribution in [2.75, 3.05) is 14.2 Å². The molecular weight excluding hydrogens is 459 g/mol. The van der Waals surface area contributed by atoms with Gasteiger partial charge in [0.25, 0.3) is 0 Å². The van der Waals surface area contributed by atoms with E-state index in [4.69, 9.17) is 32.7 Å². The van der Waals surface area contributed by atoms with Gasteiger partial charge in [-0.3, -0.25) is 0 Å². The standard InChI is InChI=1S/C22H18Cl2N2O4S/c1-11-17(21(27)28)20(19-14(29-2)8-5-9-15(19)30-3)26-10-16(31-22(26)25-11)18-12(23)6-4-7-13(18)24/h4-10,20H,1-3H3,(H,27,28). The summed E-state index contributed by atoms with van der Waals surface area (Å²) in [6.07, 6.45) is 1.82. The molecule has 0 saturated heterocycles. The number of aliphatic carboxylic acids is 1. The number of halogens is 2. The van der Waals surface area contributed by atoms with Crippen LogP contribution >= 0.6 is 35.0 Å². The summed E-state index contributed by atoms with van der Waals surface area (Å²) in [5.41, 5.74) is 1.81. The molecule has 9 heteroatoms. The van der Waals surface area contributed by atoms with Gasteiger partial charge < -0.3 is 19.5 Å². The quantitative estimate of drug-likeness (QED) is 0.585. The third-order valence-electron chi connectivity index (χ3n) is 5.06. The molecule has 0 saturated carbocycles. The van der Waals surface area contributed by atoms with Crippen molar-refractivity contribution in [1.29, 1.82) is 0 Å². The molecule has 0 amide bonds. The van der Waals surface area contributed by atoms with E-state index in [-0.39, 0.29) is 5.57 Å². The summed E-state index contributed by atoms with van der Waals surface area (Å²) in [4.78, 5) is 19.4. The average Bonchev–Trinajstić information content (AvgIpc) is 3.14. The maximum absolute atomic E-state index is 12.3. The van der Waals surface area contributed by atoms with Gasteiger partial charge in [-0.25, -0.2) is 9.79 Å². The summed E-state index contributed by atoms with van der Waals surface area (Å²) in [5, 5.41) is 11.7. The van der Waals surface area contributed by atoms with Gasteiger partial charge in [0, 0.05) is 16.7 Å². The summed E-state index contributed by atoms with van der Waals surface area (Å²) in [7, 11) is 3.08. The van der Waals surface area contributed by atoms with E-state index >= 15 is 0 Å². The lowest BCUT2D eigenvalue weighted by molar-refractivity contribution is -0.133. The number of fused-ring (bicyclic) bond motifs is 1. The summed E-state index contributed by atoms with van der Waals surface area (Å²) < 4.78 is 11.1. The number of thioether (sulfide) groups is 1. The number of allylic oxidation sites excluding steroid dienone is 1. The fraction of sp³-hybridized carbons (Fsp3) is 0.182. The van der Waals surface area contributed by atoms with E-state index in [1.807, 2.05) is 6.20 Å². The number of nitrogens with zero attached hydrogens (tertiary/aromatic N) is 2. The summed E-state index contributed by atoms with van der Waals surface area (Å²) in [6.45, 7) is 1.68. The van der Waals surface area contributed by atoms with Crippen LogP contribution in [-0.2, 0) is 4.79 Å². The molecule has 4 rings (SSSR count). The number of benzene rings is 2. The number of carboxylic acids is 1. The zero-order valence-electron chi connectivity index (χ0n) is 16.8. The molecule has 0 fully saturated rings. The van der Waals surface area contributed by atoms with E-state index in [9.17, 15) is 9.90 Å². The second-order valence-electron chi connectivity index (χ2n) is 6.78. The zero-order valence-corrected chi connectivity index (χ0v) is 19.2. The molecule has 6 nitrogen and oxygen atoms in total.